The predicted molar refractivity (Wildman–Crippen MR) is 80.2 cm³/mol. The van der Waals surface area contributed by atoms with Gasteiger partial charge >= 0.3 is 11.9 Å². The SMILES string of the molecule is C=C1C(=O)O[C@@H]2[C@H]1CC[C@H](C)[C@]1(O)CC[C@H](OC(C)=O)[C@@]21CO. The summed E-state index contributed by atoms with van der Waals surface area (Å²) in [5.41, 5.74) is -2.06. The molecule has 6 atom stereocenters. The van der Waals surface area contributed by atoms with Gasteiger partial charge in [0.15, 0.2) is 0 Å². The van der Waals surface area contributed by atoms with Crippen molar-refractivity contribution in [2.75, 3.05) is 6.61 Å². The van der Waals surface area contributed by atoms with Crippen molar-refractivity contribution in [3.05, 3.63) is 12.2 Å². The molecule has 128 valence electrons. The van der Waals surface area contributed by atoms with Gasteiger partial charge in [0.05, 0.1) is 17.6 Å². The molecule has 3 rings (SSSR count). The van der Waals surface area contributed by atoms with Gasteiger partial charge in [-0.2, -0.15) is 0 Å². The summed E-state index contributed by atoms with van der Waals surface area (Å²) in [5.74, 6) is -1.32. The Hall–Kier alpha value is -1.40. The maximum Gasteiger partial charge on any atom is 0.334 e. The van der Waals surface area contributed by atoms with E-state index in [4.69, 9.17) is 9.47 Å². The number of carbonyl (C=O) groups excluding carboxylic acids is 2. The van der Waals surface area contributed by atoms with Crippen molar-refractivity contribution in [2.45, 2.75) is 57.3 Å². The number of aliphatic hydroxyl groups excluding tert-OH is 1. The minimum atomic E-state index is -1.24. The molecule has 1 aliphatic heterocycles. The Morgan fingerprint density at radius 2 is 2.13 bits per heavy atom. The molecule has 1 heterocycles. The van der Waals surface area contributed by atoms with Gasteiger partial charge in [-0.1, -0.05) is 13.5 Å². The number of carbonyl (C=O) groups is 2. The fourth-order valence-electron chi connectivity index (χ4n) is 5.01. The van der Waals surface area contributed by atoms with Crippen LogP contribution in [-0.4, -0.2) is 46.6 Å². The van der Waals surface area contributed by atoms with Gasteiger partial charge in [-0.25, -0.2) is 4.79 Å². The van der Waals surface area contributed by atoms with Gasteiger partial charge in [0.25, 0.3) is 0 Å². The Morgan fingerprint density at radius 1 is 1.43 bits per heavy atom. The van der Waals surface area contributed by atoms with E-state index in [-0.39, 0.29) is 11.8 Å². The fourth-order valence-corrected chi connectivity index (χ4v) is 5.01. The van der Waals surface area contributed by atoms with Gasteiger partial charge < -0.3 is 19.7 Å². The molecule has 0 spiro atoms. The van der Waals surface area contributed by atoms with Gasteiger partial charge in [0.2, 0.25) is 0 Å². The molecule has 23 heavy (non-hydrogen) atoms. The zero-order valence-electron chi connectivity index (χ0n) is 13.6. The molecular formula is C17H24O6. The number of fused-ring (bicyclic) bond motifs is 3. The number of ether oxygens (including phenoxy) is 2. The van der Waals surface area contributed by atoms with Crippen molar-refractivity contribution in [2.24, 2.45) is 17.3 Å². The predicted octanol–water partition coefficient (Wildman–Crippen LogP) is 0.949. The number of hydrogen-bond donors (Lipinski definition) is 2. The Morgan fingerprint density at radius 3 is 2.74 bits per heavy atom. The van der Waals surface area contributed by atoms with Crippen molar-refractivity contribution < 1.29 is 29.3 Å². The van der Waals surface area contributed by atoms with Crippen LogP contribution in [0.4, 0.5) is 0 Å². The number of hydrogen-bond acceptors (Lipinski definition) is 6. The van der Waals surface area contributed by atoms with E-state index in [0.29, 0.717) is 31.3 Å². The standard InChI is InChI=1S/C17H24O6/c1-9-4-5-12-10(2)15(20)23-14(12)16(8-18)13(22-11(3)19)6-7-17(9,16)21/h9,12-14,18,21H,2,4-8H2,1,3H3/t9-,12-,13-,14+,16-,17+/m0/s1. The smallest absolute Gasteiger partial charge is 0.334 e. The third kappa shape index (κ3) is 2.01. The van der Waals surface area contributed by atoms with Crippen molar-refractivity contribution in [1.29, 1.82) is 0 Å². The van der Waals surface area contributed by atoms with Crippen LogP contribution in [0.2, 0.25) is 0 Å². The average Bonchev–Trinajstić information content (AvgIpc) is 2.90. The van der Waals surface area contributed by atoms with Crippen LogP contribution in [0.1, 0.15) is 39.5 Å². The number of esters is 2. The quantitative estimate of drug-likeness (QED) is 0.580. The first kappa shape index (κ1) is 16.5. The highest BCUT2D eigenvalue weighted by molar-refractivity contribution is 5.91. The van der Waals surface area contributed by atoms with Crippen LogP contribution < -0.4 is 0 Å². The normalized spacial score (nSPS) is 45.9. The summed E-state index contributed by atoms with van der Waals surface area (Å²) in [7, 11) is 0. The van der Waals surface area contributed by atoms with Crippen molar-refractivity contribution >= 4 is 11.9 Å². The first-order valence-electron chi connectivity index (χ1n) is 8.18. The minimum absolute atomic E-state index is 0.104. The molecule has 0 aromatic heterocycles. The van der Waals surface area contributed by atoms with Crippen LogP contribution in [0.15, 0.2) is 12.2 Å². The topological polar surface area (TPSA) is 93.1 Å². The molecule has 6 heteroatoms. The largest absolute Gasteiger partial charge is 0.462 e. The van der Waals surface area contributed by atoms with Crippen LogP contribution in [-0.2, 0) is 19.1 Å². The van der Waals surface area contributed by atoms with E-state index < -0.39 is 41.8 Å². The van der Waals surface area contributed by atoms with E-state index in [2.05, 4.69) is 6.58 Å². The van der Waals surface area contributed by atoms with E-state index in [1.807, 2.05) is 6.92 Å². The summed E-state index contributed by atoms with van der Waals surface area (Å²) in [5, 5.41) is 21.7. The molecule has 0 aromatic rings. The molecule has 0 radical (unpaired) electrons. The summed E-state index contributed by atoms with van der Waals surface area (Å²) in [6.07, 6.45) is 0.805. The monoisotopic (exact) mass is 324 g/mol. The molecule has 3 aliphatic rings. The minimum Gasteiger partial charge on any atom is -0.462 e. The molecule has 2 N–H and O–H groups in total. The molecule has 1 saturated heterocycles. The van der Waals surface area contributed by atoms with Crippen LogP contribution >= 0.6 is 0 Å². The Balaban J connectivity index is 2.13. The van der Waals surface area contributed by atoms with Gasteiger partial charge in [-0.05, 0) is 31.6 Å². The van der Waals surface area contributed by atoms with Gasteiger partial charge in [-0.3, -0.25) is 4.79 Å². The maximum atomic E-state index is 12.0. The Bertz CT molecular complexity index is 557. The molecule has 6 nitrogen and oxygen atoms in total. The fraction of sp³-hybridized carbons (Fsp3) is 0.765. The molecule has 0 unspecified atom stereocenters. The lowest BCUT2D eigenvalue weighted by molar-refractivity contribution is -0.212. The van der Waals surface area contributed by atoms with E-state index in [1.165, 1.54) is 6.92 Å². The van der Waals surface area contributed by atoms with Gasteiger partial charge in [0.1, 0.15) is 12.2 Å². The molecule has 2 aliphatic carbocycles. The molecule has 0 amide bonds. The highest BCUT2D eigenvalue weighted by Gasteiger charge is 2.71. The van der Waals surface area contributed by atoms with Crippen molar-refractivity contribution in [3.63, 3.8) is 0 Å². The van der Waals surface area contributed by atoms with Gasteiger partial charge in [-0.15, -0.1) is 0 Å². The zero-order chi connectivity index (χ0) is 17.0. The highest BCUT2D eigenvalue weighted by Crippen LogP contribution is 2.61. The molecule has 3 fully saturated rings. The first-order chi connectivity index (χ1) is 10.8. The van der Waals surface area contributed by atoms with Gasteiger partial charge in [0, 0.05) is 18.4 Å². The Kier molecular flexibility index (Phi) is 3.80. The summed E-state index contributed by atoms with van der Waals surface area (Å²) in [4.78, 5) is 23.5. The van der Waals surface area contributed by atoms with Crippen LogP contribution in [0.3, 0.4) is 0 Å². The van der Waals surface area contributed by atoms with Crippen LogP contribution in [0, 0.1) is 17.3 Å². The second-order valence-electron chi connectivity index (χ2n) is 7.20. The summed E-state index contributed by atoms with van der Waals surface area (Å²) >= 11 is 0. The van der Waals surface area contributed by atoms with Crippen molar-refractivity contribution in [3.8, 4) is 0 Å². The van der Waals surface area contributed by atoms with E-state index >= 15 is 0 Å². The Labute approximate surface area is 135 Å². The van der Waals surface area contributed by atoms with Crippen LogP contribution in [0.5, 0.6) is 0 Å². The summed E-state index contributed by atoms with van der Waals surface area (Å²) < 4.78 is 11.0. The maximum absolute atomic E-state index is 12.0. The third-order valence-electron chi connectivity index (χ3n) is 6.28. The lowest BCUT2D eigenvalue weighted by atomic mass is 9.64. The second kappa shape index (κ2) is 5.31. The zero-order valence-corrected chi connectivity index (χ0v) is 13.6. The van der Waals surface area contributed by atoms with Crippen LogP contribution in [0.25, 0.3) is 0 Å². The van der Waals surface area contributed by atoms with E-state index in [0.717, 1.165) is 0 Å². The highest BCUT2D eigenvalue weighted by atomic mass is 16.6. The molecule has 0 aromatic carbocycles. The number of aliphatic hydroxyl groups is 2. The van der Waals surface area contributed by atoms with E-state index in [9.17, 15) is 19.8 Å². The first-order valence-corrected chi connectivity index (χ1v) is 8.18. The lowest BCUT2D eigenvalue weighted by Gasteiger charge is -2.48. The molecular weight excluding hydrogens is 300 g/mol. The van der Waals surface area contributed by atoms with Crippen molar-refractivity contribution in [1.82, 2.24) is 0 Å². The summed E-state index contributed by atoms with van der Waals surface area (Å²) in [6, 6.07) is 0. The van der Waals surface area contributed by atoms with E-state index in [1.54, 1.807) is 0 Å². The average molecular weight is 324 g/mol. The molecule has 0 bridgehead atoms. The molecule has 2 saturated carbocycles. The third-order valence-corrected chi connectivity index (χ3v) is 6.28. The lowest BCUT2D eigenvalue weighted by Crippen LogP contribution is -2.62. The number of rotatable bonds is 2. The summed E-state index contributed by atoms with van der Waals surface area (Å²) in [6.45, 7) is 6.66. The second-order valence-corrected chi connectivity index (χ2v) is 7.20.